The van der Waals surface area contributed by atoms with Crippen LogP contribution in [0.2, 0.25) is 0 Å². The summed E-state index contributed by atoms with van der Waals surface area (Å²) in [5.74, 6) is -0.351. The summed E-state index contributed by atoms with van der Waals surface area (Å²) in [4.78, 5) is 18.2. The molecule has 32 heavy (non-hydrogen) atoms. The molecule has 1 aliphatic heterocycles. The van der Waals surface area contributed by atoms with Gasteiger partial charge in [0.05, 0.1) is 11.3 Å². The number of hydrogen-bond acceptors (Lipinski definition) is 7. The topological polar surface area (TPSA) is 104 Å². The molecular formula is C21H18F3N5O3. The van der Waals surface area contributed by atoms with Crippen molar-refractivity contribution in [3.63, 3.8) is 0 Å². The van der Waals surface area contributed by atoms with Gasteiger partial charge in [-0.2, -0.15) is 13.2 Å². The quantitative estimate of drug-likeness (QED) is 0.560. The van der Waals surface area contributed by atoms with Crippen LogP contribution in [0.1, 0.15) is 17.9 Å². The Morgan fingerprint density at radius 2 is 2.00 bits per heavy atom. The summed E-state index contributed by atoms with van der Waals surface area (Å²) < 4.78 is 44.2. The van der Waals surface area contributed by atoms with Gasteiger partial charge in [0.25, 0.3) is 5.89 Å². The first-order chi connectivity index (χ1) is 15.3. The SMILES string of the molecule is C=C[C@]1(c2nnc(-c3ncccc3Nc3ccc(C(F)(F)F)cc3)o2)CCN(CO)C1=O. The number of aliphatic hydroxyl groups excluding tert-OH is 1. The number of halogens is 3. The van der Waals surface area contributed by atoms with E-state index >= 15 is 0 Å². The fourth-order valence-corrected chi connectivity index (χ4v) is 3.49. The molecule has 1 atom stereocenters. The molecule has 1 amide bonds. The summed E-state index contributed by atoms with van der Waals surface area (Å²) in [6.07, 6.45) is -1.20. The Morgan fingerprint density at radius 1 is 1.25 bits per heavy atom. The number of nitrogens with zero attached hydrogens (tertiary/aromatic N) is 4. The van der Waals surface area contributed by atoms with E-state index < -0.39 is 29.8 Å². The molecule has 0 bridgehead atoms. The normalized spacial score (nSPS) is 18.8. The van der Waals surface area contributed by atoms with E-state index in [4.69, 9.17) is 4.42 Å². The summed E-state index contributed by atoms with van der Waals surface area (Å²) in [5, 5.41) is 20.4. The highest BCUT2D eigenvalue weighted by molar-refractivity contribution is 5.91. The van der Waals surface area contributed by atoms with Crippen molar-refractivity contribution in [3.05, 3.63) is 66.7 Å². The van der Waals surface area contributed by atoms with Crippen LogP contribution in [-0.2, 0) is 16.4 Å². The molecule has 0 aliphatic carbocycles. The maximum atomic E-state index is 12.8. The van der Waals surface area contributed by atoms with Gasteiger partial charge in [-0.3, -0.25) is 4.79 Å². The zero-order valence-corrected chi connectivity index (χ0v) is 16.6. The van der Waals surface area contributed by atoms with Crippen LogP contribution in [0.5, 0.6) is 0 Å². The summed E-state index contributed by atoms with van der Waals surface area (Å²) in [6.45, 7) is 3.60. The van der Waals surface area contributed by atoms with E-state index in [1.54, 1.807) is 12.1 Å². The molecule has 4 rings (SSSR count). The lowest BCUT2D eigenvalue weighted by Crippen LogP contribution is -2.37. The molecule has 2 aromatic heterocycles. The van der Waals surface area contributed by atoms with Gasteiger partial charge >= 0.3 is 6.18 Å². The smallest absolute Gasteiger partial charge is 0.416 e. The number of benzene rings is 1. The predicted molar refractivity (Wildman–Crippen MR) is 108 cm³/mol. The molecule has 0 unspecified atom stereocenters. The molecule has 1 aliphatic rings. The third kappa shape index (κ3) is 3.71. The Bertz CT molecular complexity index is 1150. The number of aromatic nitrogens is 3. The van der Waals surface area contributed by atoms with E-state index in [1.165, 1.54) is 29.3 Å². The van der Waals surface area contributed by atoms with Crippen LogP contribution in [-0.4, -0.2) is 44.4 Å². The van der Waals surface area contributed by atoms with Crippen molar-refractivity contribution in [1.82, 2.24) is 20.1 Å². The number of amides is 1. The predicted octanol–water partition coefficient (Wildman–Crippen LogP) is 3.50. The van der Waals surface area contributed by atoms with Gasteiger partial charge in [-0.1, -0.05) is 6.08 Å². The average molecular weight is 445 g/mol. The van der Waals surface area contributed by atoms with E-state index in [2.05, 4.69) is 27.1 Å². The summed E-state index contributed by atoms with van der Waals surface area (Å²) >= 11 is 0. The van der Waals surface area contributed by atoms with Crippen molar-refractivity contribution in [2.45, 2.75) is 18.0 Å². The lowest BCUT2D eigenvalue weighted by molar-refractivity contribution is -0.137. The minimum Gasteiger partial charge on any atom is -0.418 e. The van der Waals surface area contributed by atoms with Crippen LogP contribution in [0, 0.1) is 0 Å². The number of pyridine rings is 1. The van der Waals surface area contributed by atoms with Crippen molar-refractivity contribution in [3.8, 4) is 11.6 Å². The Balaban J connectivity index is 1.64. The van der Waals surface area contributed by atoms with E-state index in [9.17, 15) is 23.1 Å². The second kappa shape index (κ2) is 8.08. The molecule has 0 saturated carbocycles. The van der Waals surface area contributed by atoms with Crippen LogP contribution >= 0.6 is 0 Å². The number of anilines is 2. The fraction of sp³-hybridized carbons (Fsp3) is 0.238. The van der Waals surface area contributed by atoms with Gasteiger partial charge in [-0.25, -0.2) is 4.98 Å². The number of hydrogen-bond donors (Lipinski definition) is 2. The van der Waals surface area contributed by atoms with Crippen molar-refractivity contribution in [2.75, 3.05) is 18.6 Å². The maximum Gasteiger partial charge on any atom is 0.416 e. The van der Waals surface area contributed by atoms with Crippen LogP contribution in [0.15, 0.2) is 59.7 Å². The first-order valence-corrected chi connectivity index (χ1v) is 9.56. The number of aliphatic hydroxyl groups is 1. The molecule has 2 N–H and O–H groups in total. The van der Waals surface area contributed by atoms with Crippen LogP contribution < -0.4 is 5.32 Å². The monoisotopic (exact) mass is 445 g/mol. The molecule has 0 radical (unpaired) electrons. The zero-order chi connectivity index (χ0) is 22.9. The second-order valence-corrected chi connectivity index (χ2v) is 7.15. The second-order valence-electron chi connectivity index (χ2n) is 7.15. The molecule has 11 heteroatoms. The van der Waals surface area contributed by atoms with E-state index in [0.717, 1.165) is 12.1 Å². The number of nitrogens with one attached hydrogen (secondary N) is 1. The Morgan fingerprint density at radius 3 is 2.62 bits per heavy atom. The van der Waals surface area contributed by atoms with E-state index in [1.807, 2.05) is 0 Å². The molecule has 8 nitrogen and oxygen atoms in total. The third-order valence-corrected chi connectivity index (χ3v) is 5.27. The molecule has 1 saturated heterocycles. The number of carbonyl (C=O) groups is 1. The first kappa shape index (κ1) is 21.5. The minimum absolute atomic E-state index is 0.0199. The summed E-state index contributed by atoms with van der Waals surface area (Å²) in [5.41, 5.74) is -0.924. The third-order valence-electron chi connectivity index (χ3n) is 5.27. The van der Waals surface area contributed by atoms with Gasteiger partial charge in [0.2, 0.25) is 11.8 Å². The van der Waals surface area contributed by atoms with Crippen LogP contribution in [0.4, 0.5) is 24.5 Å². The van der Waals surface area contributed by atoms with Gasteiger partial charge in [-0.05, 0) is 42.8 Å². The highest BCUT2D eigenvalue weighted by Crippen LogP contribution is 2.38. The lowest BCUT2D eigenvalue weighted by Gasteiger charge is -2.19. The molecule has 0 spiro atoms. The van der Waals surface area contributed by atoms with Gasteiger partial charge in [0.15, 0.2) is 5.69 Å². The van der Waals surface area contributed by atoms with Crippen molar-refractivity contribution in [1.29, 1.82) is 0 Å². The van der Waals surface area contributed by atoms with Gasteiger partial charge in [0.1, 0.15) is 12.1 Å². The standard InChI is InChI=1S/C21H18F3N5O3/c1-2-20(9-11-29(12-30)19(20)31)18-28-27-17(32-18)16-15(4-3-10-25-16)26-14-7-5-13(6-8-14)21(22,23)24/h2-8,10,26,30H,1,9,11-12H2/t20-/m1/s1. The Labute approximate surface area is 180 Å². The van der Waals surface area contributed by atoms with E-state index in [0.29, 0.717) is 24.3 Å². The fourth-order valence-electron chi connectivity index (χ4n) is 3.49. The molecule has 3 aromatic rings. The van der Waals surface area contributed by atoms with Crippen molar-refractivity contribution >= 4 is 17.3 Å². The Hall–Kier alpha value is -3.73. The molecule has 1 aromatic carbocycles. The lowest BCUT2D eigenvalue weighted by atomic mass is 9.86. The van der Waals surface area contributed by atoms with Crippen LogP contribution in [0.25, 0.3) is 11.6 Å². The molecule has 1 fully saturated rings. The van der Waals surface area contributed by atoms with Gasteiger partial charge in [-0.15, -0.1) is 16.8 Å². The molecule has 3 heterocycles. The molecular weight excluding hydrogens is 427 g/mol. The highest BCUT2D eigenvalue weighted by atomic mass is 19.4. The summed E-state index contributed by atoms with van der Waals surface area (Å²) in [7, 11) is 0. The molecule has 166 valence electrons. The highest BCUT2D eigenvalue weighted by Gasteiger charge is 2.50. The average Bonchev–Trinajstić information content (AvgIpc) is 3.39. The number of rotatable bonds is 6. The number of carbonyl (C=O) groups excluding carboxylic acids is 1. The zero-order valence-electron chi connectivity index (χ0n) is 16.6. The first-order valence-electron chi connectivity index (χ1n) is 9.56. The van der Waals surface area contributed by atoms with Crippen molar-refractivity contribution in [2.24, 2.45) is 0 Å². The Kier molecular flexibility index (Phi) is 5.43. The summed E-state index contributed by atoms with van der Waals surface area (Å²) in [6, 6.07) is 7.82. The van der Waals surface area contributed by atoms with E-state index in [-0.39, 0.29) is 17.5 Å². The van der Waals surface area contributed by atoms with Crippen molar-refractivity contribution < 1.29 is 27.5 Å². The van der Waals surface area contributed by atoms with Gasteiger partial charge < -0.3 is 19.7 Å². The van der Waals surface area contributed by atoms with Crippen LogP contribution in [0.3, 0.4) is 0 Å². The number of alkyl halides is 3. The number of likely N-dealkylation sites (tertiary alicyclic amines) is 1. The minimum atomic E-state index is -4.43. The van der Waals surface area contributed by atoms with Gasteiger partial charge in [0, 0.05) is 18.4 Å². The largest absolute Gasteiger partial charge is 0.418 e. The maximum absolute atomic E-state index is 12.8.